The summed E-state index contributed by atoms with van der Waals surface area (Å²) in [4.78, 5) is 26.6. The monoisotopic (exact) mass is 288 g/mol. The first-order chi connectivity index (χ1) is 10.1. The van der Waals surface area contributed by atoms with Gasteiger partial charge in [-0.1, -0.05) is 0 Å². The summed E-state index contributed by atoms with van der Waals surface area (Å²) in [5.41, 5.74) is 1.11. The Balaban J connectivity index is 1.75. The van der Waals surface area contributed by atoms with Gasteiger partial charge >= 0.3 is 0 Å². The van der Waals surface area contributed by atoms with Gasteiger partial charge in [-0.3, -0.25) is 4.79 Å². The Labute approximate surface area is 122 Å². The molecule has 110 valence electrons. The minimum Gasteiger partial charge on any atom is -0.448 e. The van der Waals surface area contributed by atoms with E-state index in [1.165, 1.54) is 6.26 Å². The van der Waals surface area contributed by atoms with Gasteiger partial charge in [0, 0.05) is 19.7 Å². The first kappa shape index (κ1) is 13.7. The van der Waals surface area contributed by atoms with E-state index in [-0.39, 0.29) is 12.0 Å². The summed E-state index contributed by atoms with van der Waals surface area (Å²) in [6, 6.07) is 1.81. The molecule has 0 spiro atoms. The Morgan fingerprint density at radius 1 is 1.38 bits per heavy atom. The van der Waals surface area contributed by atoms with Crippen molar-refractivity contribution in [3.05, 3.63) is 41.6 Å². The van der Waals surface area contributed by atoms with Crippen LogP contribution in [-0.4, -0.2) is 45.5 Å². The summed E-state index contributed by atoms with van der Waals surface area (Å²) in [6.45, 7) is 4.98. The van der Waals surface area contributed by atoms with Crippen LogP contribution in [0.2, 0.25) is 0 Å². The maximum absolute atomic E-state index is 12.4. The third-order valence-electron chi connectivity index (χ3n) is 3.32. The zero-order valence-corrected chi connectivity index (χ0v) is 11.9. The number of ether oxygens (including phenoxy) is 1. The molecule has 0 aliphatic carbocycles. The molecule has 3 rings (SSSR count). The van der Waals surface area contributed by atoms with Crippen molar-refractivity contribution in [2.75, 3.05) is 19.7 Å². The molecule has 3 heterocycles. The molecule has 2 aromatic rings. The molecule has 0 radical (unpaired) electrons. The van der Waals surface area contributed by atoms with Gasteiger partial charge in [-0.15, -0.1) is 0 Å². The number of nitrogens with zero attached hydrogens (tertiary/aromatic N) is 4. The SMILES string of the molecule is Cc1nccc([C@H]2CN(C(=O)c3coc(C)n3)CCO2)n1. The van der Waals surface area contributed by atoms with Crippen molar-refractivity contribution in [3.63, 3.8) is 0 Å². The number of amides is 1. The van der Waals surface area contributed by atoms with Crippen molar-refractivity contribution in [1.29, 1.82) is 0 Å². The summed E-state index contributed by atoms with van der Waals surface area (Å²) >= 11 is 0. The Kier molecular flexibility index (Phi) is 3.66. The molecule has 1 atom stereocenters. The van der Waals surface area contributed by atoms with E-state index in [0.29, 0.717) is 37.1 Å². The second-order valence-electron chi connectivity index (χ2n) is 4.89. The van der Waals surface area contributed by atoms with Crippen LogP contribution in [0.5, 0.6) is 0 Å². The van der Waals surface area contributed by atoms with Crippen LogP contribution in [-0.2, 0) is 4.74 Å². The molecule has 0 aromatic carbocycles. The molecule has 1 aliphatic rings. The number of carbonyl (C=O) groups is 1. The number of aryl methyl sites for hydroxylation is 2. The number of rotatable bonds is 2. The minimum atomic E-state index is -0.239. The Bertz CT molecular complexity index is 655. The third kappa shape index (κ3) is 2.92. The largest absolute Gasteiger partial charge is 0.448 e. The van der Waals surface area contributed by atoms with E-state index in [0.717, 1.165) is 5.69 Å². The van der Waals surface area contributed by atoms with Crippen molar-refractivity contribution < 1.29 is 13.9 Å². The highest BCUT2D eigenvalue weighted by molar-refractivity contribution is 5.92. The van der Waals surface area contributed by atoms with Crippen LogP contribution in [0.15, 0.2) is 22.9 Å². The minimum absolute atomic E-state index is 0.147. The van der Waals surface area contributed by atoms with Gasteiger partial charge in [0.1, 0.15) is 18.2 Å². The molecule has 7 nitrogen and oxygen atoms in total. The molecule has 0 unspecified atom stereocenters. The predicted octanol–water partition coefficient (Wildman–Crippen LogP) is 1.30. The summed E-state index contributed by atoms with van der Waals surface area (Å²) in [5.74, 6) is 1.02. The number of hydrogen-bond donors (Lipinski definition) is 0. The van der Waals surface area contributed by atoms with Crippen molar-refractivity contribution in [1.82, 2.24) is 19.9 Å². The number of hydrogen-bond acceptors (Lipinski definition) is 6. The van der Waals surface area contributed by atoms with Gasteiger partial charge < -0.3 is 14.1 Å². The number of aromatic nitrogens is 3. The standard InChI is InChI=1S/C14H16N4O3/c1-9-15-4-3-11(16-9)13-7-18(5-6-20-13)14(19)12-8-21-10(2)17-12/h3-4,8,13H,5-7H2,1-2H3/t13-/m1/s1. The average Bonchev–Trinajstić information content (AvgIpc) is 2.93. The normalized spacial score (nSPS) is 18.8. The lowest BCUT2D eigenvalue weighted by Gasteiger charge is -2.32. The van der Waals surface area contributed by atoms with E-state index in [1.807, 2.05) is 13.0 Å². The first-order valence-electron chi connectivity index (χ1n) is 6.76. The molecule has 2 aromatic heterocycles. The number of carbonyl (C=O) groups excluding carboxylic acids is 1. The van der Waals surface area contributed by atoms with Crippen LogP contribution < -0.4 is 0 Å². The lowest BCUT2D eigenvalue weighted by molar-refractivity contribution is -0.0250. The topological polar surface area (TPSA) is 81.4 Å². The molecule has 1 saturated heterocycles. The molecule has 0 saturated carbocycles. The van der Waals surface area contributed by atoms with Crippen molar-refractivity contribution >= 4 is 5.91 Å². The first-order valence-corrected chi connectivity index (χ1v) is 6.76. The summed E-state index contributed by atoms with van der Waals surface area (Å²) in [7, 11) is 0. The van der Waals surface area contributed by atoms with Crippen molar-refractivity contribution in [3.8, 4) is 0 Å². The molecule has 1 aliphatic heterocycles. The Hall–Kier alpha value is -2.28. The zero-order chi connectivity index (χ0) is 14.8. The second kappa shape index (κ2) is 5.61. The highest BCUT2D eigenvalue weighted by Crippen LogP contribution is 2.21. The van der Waals surface area contributed by atoms with Gasteiger partial charge in [-0.05, 0) is 13.0 Å². The Morgan fingerprint density at radius 3 is 2.95 bits per heavy atom. The maximum Gasteiger partial charge on any atom is 0.275 e. The maximum atomic E-state index is 12.4. The fourth-order valence-electron chi connectivity index (χ4n) is 2.29. The molecule has 0 N–H and O–H groups in total. The van der Waals surface area contributed by atoms with Gasteiger partial charge in [-0.2, -0.15) is 0 Å². The highest BCUT2D eigenvalue weighted by atomic mass is 16.5. The van der Waals surface area contributed by atoms with Crippen LogP contribution >= 0.6 is 0 Å². The van der Waals surface area contributed by atoms with Crippen LogP contribution in [0.1, 0.15) is 34.0 Å². The summed E-state index contributed by atoms with van der Waals surface area (Å²) < 4.78 is 10.8. The van der Waals surface area contributed by atoms with E-state index < -0.39 is 0 Å². The fourth-order valence-corrected chi connectivity index (χ4v) is 2.29. The third-order valence-corrected chi connectivity index (χ3v) is 3.32. The van der Waals surface area contributed by atoms with Gasteiger partial charge in [0.25, 0.3) is 5.91 Å². The van der Waals surface area contributed by atoms with E-state index >= 15 is 0 Å². The molecule has 21 heavy (non-hydrogen) atoms. The highest BCUT2D eigenvalue weighted by Gasteiger charge is 2.28. The number of morpholine rings is 1. The van der Waals surface area contributed by atoms with Gasteiger partial charge in [-0.25, -0.2) is 15.0 Å². The second-order valence-corrected chi connectivity index (χ2v) is 4.89. The van der Waals surface area contributed by atoms with Crippen molar-refractivity contribution in [2.45, 2.75) is 20.0 Å². The van der Waals surface area contributed by atoms with Crippen molar-refractivity contribution in [2.24, 2.45) is 0 Å². The fraction of sp³-hybridized carbons (Fsp3) is 0.429. The van der Waals surface area contributed by atoms with Crippen LogP contribution in [0.4, 0.5) is 0 Å². The van der Waals surface area contributed by atoms with Crippen LogP contribution in [0.3, 0.4) is 0 Å². The molecular formula is C14H16N4O3. The lowest BCUT2D eigenvalue weighted by atomic mass is 10.2. The van der Waals surface area contributed by atoms with Gasteiger partial charge in [0.05, 0.1) is 18.8 Å². The van der Waals surface area contributed by atoms with Crippen LogP contribution in [0.25, 0.3) is 0 Å². The molecule has 1 amide bonds. The van der Waals surface area contributed by atoms with E-state index in [4.69, 9.17) is 9.15 Å². The van der Waals surface area contributed by atoms with E-state index in [1.54, 1.807) is 18.0 Å². The zero-order valence-electron chi connectivity index (χ0n) is 11.9. The van der Waals surface area contributed by atoms with Gasteiger partial charge in [0.2, 0.25) is 0 Å². The summed E-state index contributed by atoms with van der Waals surface area (Å²) in [6.07, 6.45) is 2.84. The lowest BCUT2D eigenvalue weighted by Crippen LogP contribution is -2.42. The van der Waals surface area contributed by atoms with Gasteiger partial charge in [0.15, 0.2) is 11.6 Å². The molecule has 1 fully saturated rings. The Morgan fingerprint density at radius 2 is 2.24 bits per heavy atom. The average molecular weight is 288 g/mol. The molecular weight excluding hydrogens is 272 g/mol. The number of oxazole rings is 1. The molecule has 7 heteroatoms. The quantitative estimate of drug-likeness (QED) is 0.828. The smallest absolute Gasteiger partial charge is 0.275 e. The summed E-state index contributed by atoms with van der Waals surface area (Å²) in [5, 5.41) is 0. The molecule has 0 bridgehead atoms. The predicted molar refractivity (Wildman–Crippen MR) is 72.6 cm³/mol. The van der Waals surface area contributed by atoms with Crippen LogP contribution in [0, 0.1) is 13.8 Å². The van der Waals surface area contributed by atoms with E-state index in [9.17, 15) is 4.79 Å². The van der Waals surface area contributed by atoms with E-state index in [2.05, 4.69) is 15.0 Å².